The minimum absolute atomic E-state index is 0.256. The smallest absolute Gasteiger partial charge is 0.336 e. The lowest BCUT2D eigenvalue weighted by atomic mass is 10.1. The third-order valence-electron chi connectivity index (χ3n) is 3.48. The van der Waals surface area contributed by atoms with Crippen LogP contribution in [0.1, 0.15) is 21.5 Å². The van der Waals surface area contributed by atoms with E-state index in [2.05, 4.69) is 5.32 Å². The zero-order valence-corrected chi connectivity index (χ0v) is 11.6. The standard InChI is InChI=1S/C16H15NO4/c1-10-12(16(18)19)3-2-4-13(10)17-8-11-5-6-14-15(7-11)21-9-20-14/h2-7,17H,8-9H2,1H3,(H,18,19). The van der Waals surface area contributed by atoms with Gasteiger partial charge in [-0.3, -0.25) is 0 Å². The molecule has 0 atom stereocenters. The second-order valence-electron chi connectivity index (χ2n) is 4.82. The zero-order chi connectivity index (χ0) is 14.8. The van der Waals surface area contributed by atoms with Crippen LogP contribution in [0.5, 0.6) is 11.5 Å². The highest BCUT2D eigenvalue weighted by Gasteiger charge is 2.13. The Bertz CT molecular complexity index is 697. The van der Waals surface area contributed by atoms with Crippen LogP contribution in [0, 0.1) is 6.92 Å². The average molecular weight is 285 g/mol. The summed E-state index contributed by atoms with van der Waals surface area (Å²) in [5.74, 6) is 0.576. The van der Waals surface area contributed by atoms with Gasteiger partial charge in [0.2, 0.25) is 6.79 Å². The molecule has 0 saturated heterocycles. The Morgan fingerprint density at radius 1 is 1.24 bits per heavy atom. The molecule has 0 aliphatic carbocycles. The molecule has 5 heteroatoms. The Kier molecular flexibility index (Phi) is 3.39. The summed E-state index contributed by atoms with van der Waals surface area (Å²) in [5, 5.41) is 12.4. The van der Waals surface area contributed by atoms with Gasteiger partial charge in [0.15, 0.2) is 11.5 Å². The number of hydrogen-bond donors (Lipinski definition) is 2. The van der Waals surface area contributed by atoms with Crippen molar-refractivity contribution >= 4 is 11.7 Å². The fourth-order valence-electron chi connectivity index (χ4n) is 2.31. The quantitative estimate of drug-likeness (QED) is 0.903. The van der Waals surface area contributed by atoms with Crippen molar-refractivity contribution in [2.45, 2.75) is 13.5 Å². The SMILES string of the molecule is Cc1c(NCc2ccc3c(c2)OCO3)cccc1C(=O)O. The van der Waals surface area contributed by atoms with Gasteiger partial charge in [-0.05, 0) is 42.3 Å². The maximum absolute atomic E-state index is 11.1. The number of anilines is 1. The van der Waals surface area contributed by atoms with Crippen LogP contribution < -0.4 is 14.8 Å². The van der Waals surface area contributed by atoms with Crippen LogP contribution in [0.4, 0.5) is 5.69 Å². The first-order valence-corrected chi connectivity index (χ1v) is 6.60. The largest absolute Gasteiger partial charge is 0.478 e. The zero-order valence-electron chi connectivity index (χ0n) is 11.6. The van der Waals surface area contributed by atoms with Crippen molar-refractivity contribution < 1.29 is 19.4 Å². The van der Waals surface area contributed by atoms with Crippen molar-refractivity contribution in [1.29, 1.82) is 0 Å². The molecule has 2 aromatic carbocycles. The first-order chi connectivity index (χ1) is 10.1. The van der Waals surface area contributed by atoms with Gasteiger partial charge >= 0.3 is 5.97 Å². The van der Waals surface area contributed by atoms with Crippen LogP contribution in [0.15, 0.2) is 36.4 Å². The van der Waals surface area contributed by atoms with E-state index >= 15 is 0 Å². The Balaban J connectivity index is 1.76. The molecule has 5 nitrogen and oxygen atoms in total. The number of rotatable bonds is 4. The molecule has 21 heavy (non-hydrogen) atoms. The molecule has 0 unspecified atom stereocenters. The Hall–Kier alpha value is -2.69. The molecule has 0 amide bonds. The molecule has 1 aliphatic heterocycles. The van der Waals surface area contributed by atoms with E-state index < -0.39 is 5.97 Å². The number of carboxylic acid groups (broad SMARTS) is 1. The fraction of sp³-hybridized carbons (Fsp3) is 0.188. The maximum Gasteiger partial charge on any atom is 0.336 e. The monoisotopic (exact) mass is 285 g/mol. The number of benzene rings is 2. The van der Waals surface area contributed by atoms with Crippen LogP contribution in [-0.2, 0) is 6.54 Å². The number of fused-ring (bicyclic) bond motifs is 1. The second kappa shape index (κ2) is 5.36. The first-order valence-electron chi connectivity index (χ1n) is 6.60. The number of carbonyl (C=O) groups is 1. The fourth-order valence-corrected chi connectivity index (χ4v) is 2.31. The highest BCUT2D eigenvalue weighted by Crippen LogP contribution is 2.32. The van der Waals surface area contributed by atoms with Crippen molar-refractivity contribution in [2.75, 3.05) is 12.1 Å². The van der Waals surface area contributed by atoms with Gasteiger partial charge in [-0.2, -0.15) is 0 Å². The molecular weight excluding hydrogens is 270 g/mol. The van der Waals surface area contributed by atoms with Crippen LogP contribution >= 0.6 is 0 Å². The van der Waals surface area contributed by atoms with E-state index in [4.69, 9.17) is 14.6 Å². The third-order valence-corrected chi connectivity index (χ3v) is 3.48. The van der Waals surface area contributed by atoms with E-state index in [9.17, 15) is 4.79 Å². The summed E-state index contributed by atoms with van der Waals surface area (Å²) < 4.78 is 10.6. The van der Waals surface area contributed by atoms with Crippen molar-refractivity contribution in [3.8, 4) is 11.5 Å². The summed E-state index contributed by atoms with van der Waals surface area (Å²) in [6.07, 6.45) is 0. The van der Waals surface area contributed by atoms with E-state index in [1.54, 1.807) is 19.1 Å². The van der Waals surface area contributed by atoms with Crippen LogP contribution in [0.3, 0.4) is 0 Å². The highest BCUT2D eigenvalue weighted by molar-refractivity contribution is 5.91. The molecule has 3 rings (SSSR count). The van der Waals surface area contributed by atoms with E-state index in [-0.39, 0.29) is 6.79 Å². The van der Waals surface area contributed by atoms with Gasteiger partial charge in [-0.25, -0.2) is 4.79 Å². The number of hydrogen-bond acceptors (Lipinski definition) is 4. The van der Waals surface area contributed by atoms with Gasteiger partial charge in [0.25, 0.3) is 0 Å². The lowest BCUT2D eigenvalue weighted by molar-refractivity contribution is 0.0696. The molecule has 108 valence electrons. The number of aromatic carboxylic acids is 1. The van der Waals surface area contributed by atoms with Crippen molar-refractivity contribution in [1.82, 2.24) is 0 Å². The Labute approximate surface area is 122 Å². The van der Waals surface area contributed by atoms with Gasteiger partial charge in [-0.1, -0.05) is 12.1 Å². The highest BCUT2D eigenvalue weighted by atomic mass is 16.7. The van der Waals surface area contributed by atoms with E-state index in [0.29, 0.717) is 12.1 Å². The number of ether oxygens (including phenoxy) is 2. The topological polar surface area (TPSA) is 67.8 Å². The lowest BCUT2D eigenvalue weighted by Crippen LogP contribution is -2.05. The van der Waals surface area contributed by atoms with E-state index in [1.807, 2.05) is 24.3 Å². The molecule has 0 saturated carbocycles. The number of carboxylic acids is 1. The molecule has 2 aromatic rings. The van der Waals surface area contributed by atoms with Gasteiger partial charge in [0, 0.05) is 12.2 Å². The third kappa shape index (κ3) is 2.63. The normalized spacial score (nSPS) is 12.2. The molecule has 0 spiro atoms. The van der Waals surface area contributed by atoms with E-state index in [1.165, 1.54) is 0 Å². The molecule has 2 N–H and O–H groups in total. The number of nitrogens with one attached hydrogen (secondary N) is 1. The average Bonchev–Trinajstić information content (AvgIpc) is 2.93. The molecular formula is C16H15NO4. The predicted octanol–water partition coefficient (Wildman–Crippen LogP) is 3.03. The molecule has 1 aliphatic rings. The summed E-state index contributed by atoms with van der Waals surface area (Å²) in [4.78, 5) is 11.1. The van der Waals surface area contributed by atoms with Crippen molar-refractivity contribution in [3.05, 3.63) is 53.1 Å². The van der Waals surface area contributed by atoms with Crippen LogP contribution in [0.2, 0.25) is 0 Å². The lowest BCUT2D eigenvalue weighted by Gasteiger charge is -2.11. The summed E-state index contributed by atoms with van der Waals surface area (Å²) in [6.45, 7) is 2.64. The summed E-state index contributed by atoms with van der Waals surface area (Å²) in [7, 11) is 0. The van der Waals surface area contributed by atoms with Gasteiger partial charge in [-0.15, -0.1) is 0 Å². The van der Waals surface area contributed by atoms with Crippen LogP contribution in [0.25, 0.3) is 0 Å². The van der Waals surface area contributed by atoms with Gasteiger partial charge < -0.3 is 19.9 Å². The molecule has 1 heterocycles. The van der Waals surface area contributed by atoms with Crippen LogP contribution in [-0.4, -0.2) is 17.9 Å². The first kappa shape index (κ1) is 13.3. The molecule has 0 bridgehead atoms. The summed E-state index contributed by atoms with van der Waals surface area (Å²) in [6, 6.07) is 11.0. The maximum atomic E-state index is 11.1. The molecule has 0 radical (unpaired) electrons. The summed E-state index contributed by atoms with van der Waals surface area (Å²) >= 11 is 0. The minimum Gasteiger partial charge on any atom is -0.478 e. The summed E-state index contributed by atoms with van der Waals surface area (Å²) in [5.41, 5.74) is 2.89. The second-order valence-corrected chi connectivity index (χ2v) is 4.82. The van der Waals surface area contributed by atoms with E-state index in [0.717, 1.165) is 28.3 Å². The predicted molar refractivity (Wildman–Crippen MR) is 78.0 cm³/mol. The minimum atomic E-state index is -0.917. The molecule has 0 fully saturated rings. The molecule has 0 aromatic heterocycles. The Morgan fingerprint density at radius 3 is 2.86 bits per heavy atom. The van der Waals surface area contributed by atoms with Gasteiger partial charge in [0.1, 0.15) is 0 Å². The van der Waals surface area contributed by atoms with Crippen molar-refractivity contribution in [3.63, 3.8) is 0 Å². The Morgan fingerprint density at radius 2 is 2.05 bits per heavy atom. The van der Waals surface area contributed by atoms with Gasteiger partial charge in [0.05, 0.1) is 5.56 Å². The van der Waals surface area contributed by atoms with Crippen molar-refractivity contribution in [2.24, 2.45) is 0 Å².